The molecule has 0 saturated carbocycles. The Kier molecular flexibility index (Phi) is 3.92. The molecule has 0 atom stereocenters. The quantitative estimate of drug-likeness (QED) is 0.469. The van der Waals surface area contributed by atoms with Crippen LogP contribution in [0.4, 0.5) is 0 Å². The van der Waals surface area contributed by atoms with E-state index >= 15 is 0 Å². The third kappa shape index (κ3) is 3.16. The van der Waals surface area contributed by atoms with Gasteiger partial charge >= 0.3 is 5.97 Å². The van der Waals surface area contributed by atoms with Gasteiger partial charge in [-0.2, -0.15) is 0 Å². The fourth-order valence-corrected chi connectivity index (χ4v) is 1.14. The fraction of sp³-hybridized carbons (Fsp3) is 0.667. The number of rotatable bonds is 4. The van der Waals surface area contributed by atoms with Crippen LogP contribution in [0.15, 0.2) is 12.2 Å². The highest BCUT2D eigenvalue weighted by molar-refractivity contribution is 5.88. The lowest BCUT2D eigenvalue weighted by Crippen LogP contribution is -2.25. The Balaban J connectivity index is 2.27. The van der Waals surface area contributed by atoms with Gasteiger partial charge in [0.2, 0.25) is 0 Å². The van der Waals surface area contributed by atoms with E-state index in [9.17, 15) is 4.79 Å². The van der Waals surface area contributed by atoms with Gasteiger partial charge in [-0.3, -0.25) is 4.90 Å². The lowest BCUT2D eigenvalue weighted by molar-refractivity contribution is -0.138. The van der Waals surface area contributed by atoms with Crippen LogP contribution in [-0.2, 0) is 14.3 Å². The molecule has 1 heterocycles. The Morgan fingerprint density at radius 3 is 3.00 bits per heavy atom. The second-order valence-corrected chi connectivity index (χ2v) is 2.91. The zero-order valence-corrected chi connectivity index (χ0v) is 7.91. The van der Waals surface area contributed by atoms with E-state index < -0.39 is 0 Å². The summed E-state index contributed by atoms with van der Waals surface area (Å²) in [5, 5.41) is 0. The number of carbonyl (C=O) groups excluding carboxylic acids is 1. The molecule has 74 valence electrons. The summed E-state index contributed by atoms with van der Waals surface area (Å²) in [4.78, 5) is 13.2. The van der Waals surface area contributed by atoms with Crippen molar-refractivity contribution in [1.29, 1.82) is 0 Å². The molecule has 1 fully saturated rings. The second-order valence-electron chi connectivity index (χ2n) is 2.91. The summed E-state index contributed by atoms with van der Waals surface area (Å²) in [5.74, 6) is -0.311. The van der Waals surface area contributed by atoms with E-state index in [1.807, 2.05) is 4.90 Å². The van der Waals surface area contributed by atoms with Gasteiger partial charge in [-0.25, -0.2) is 4.79 Å². The first-order valence-corrected chi connectivity index (χ1v) is 4.39. The first-order valence-electron chi connectivity index (χ1n) is 4.39. The van der Waals surface area contributed by atoms with Crippen LogP contribution >= 0.6 is 0 Å². The number of hydrogen-bond acceptors (Lipinski definition) is 4. The maximum atomic E-state index is 11.1. The summed E-state index contributed by atoms with van der Waals surface area (Å²) < 4.78 is 9.94. The van der Waals surface area contributed by atoms with Crippen molar-refractivity contribution in [3.63, 3.8) is 0 Å². The highest BCUT2D eigenvalue weighted by atomic mass is 16.5. The standard InChI is InChI=1S/C9H15NO3/c1-3-13-9(11)8(2)6-10-4-5-12-7-10/h2-7H2,1H3. The second kappa shape index (κ2) is 4.99. The normalized spacial score (nSPS) is 17.3. The Morgan fingerprint density at radius 2 is 2.46 bits per heavy atom. The van der Waals surface area contributed by atoms with Gasteiger partial charge in [0.05, 0.1) is 19.9 Å². The number of esters is 1. The van der Waals surface area contributed by atoms with Gasteiger partial charge in [-0.05, 0) is 6.92 Å². The predicted molar refractivity (Wildman–Crippen MR) is 48.2 cm³/mol. The molecule has 0 spiro atoms. The average Bonchev–Trinajstić information content (AvgIpc) is 2.57. The Labute approximate surface area is 78.1 Å². The molecule has 0 amide bonds. The molecule has 1 rings (SSSR count). The fourth-order valence-electron chi connectivity index (χ4n) is 1.14. The summed E-state index contributed by atoms with van der Waals surface area (Å²) in [6, 6.07) is 0. The molecule has 1 aliphatic rings. The van der Waals surface area contributed by atoms with E-state index in [1.165, 1.54) is 0 Å². The molecule has 0 bridgehead atoms. The molecule has 0 radical (unpaired) electrons. The molecule has 0 aromatic heterocycles. The lowest BCUT2D eigenvalue weighted by atomic mass is 10.3. The minimum absolute atomic E-state index is 0.311. The molecule has 1 saturated heterocycles. The first kappa shape index (κ1) is 10.2. The van der Waals surface area contributed by atoms with E-state index in [2.05, 4.69) is 6.58 Å². The Morgan fingerprint density at radius 1 is 1.69 bits per heavy atom. The van der Waals surface area contributed by atoms with Crippen LogP contribution in [0.5, 0.6) is 0 Å². The van der Waals surface area contributed by atoms with Gasteiger partial charge in [0.25, 0.3) is 0 Å². The average molecular weight is 185 g/mol. The third-order valence-electron chi connectivity index (χ3n) is 1.80. The zero-order valence-electron chi connectivity index (χ0n) is 7.91. The minimum Gasteiger partial charge on any atom is -0.463 e. The zero-order chi connectivity index (χ0) is 9.68. The highest BCUT2D eigenvalue weighted by Gasteiger charge is 2.16. The van der Waals surface area contributed by atoms with Crippen molar-refractivity contribution in [2.24, 2.45) is 0 Å². The Hall–Kier alpha value is -0.870. The Bertz CT molecular complexity index is 197. The van der Waals surface area contributed by atoms with Gasteiger partial charge in [-0.15, -0.1) is 0 Å². The van der Waals surface area contributed by atoms with Crippen molar-refractivity contribution < 1.29 is 14.3 Å². The first-order chi connectivity index (χ1) is 6.24. The van der Waals surface area contributed by atoms with Gasteiger partial charge in [-0.1, -0.05) is 6.58 Å². The summed E-state index contributed by atoms with van der Waals surface area (Å²) >= 11 is 0. The highest BCUT2D eigenvalue weighted by Crippen LogP contribution is 2.04. The number of carbonyl (C=O) groups is 1. The van der Waals surface area contributed by atoms with Crippen LogP contribution in [0.1, 0.15) is 6.92 Å². The molecule has 0 unspecified atom stereocenters. The molecule has 0 aromatic rings. The number of nitrogens with zero attached hydrogens (tertiary/aromatic N) is 1. The van der Waals surface area contributed by atoms with Gasteiger partial charge in [0.15, 0.2) is 0 Å². The summed E-state index contributed by atoms with van der Waals surface area (Å²) in [7, 11) is 0. The molecule has 13 heavy (non-hydrogen) atoms. The molecule has 0 aromatic carbocycles. The molecule has 0 aliphatic carbocycles. The lowest BCUT2D eigenvalue weighted by Gasteiger charge is -2.13. The summed E-state index contributed by atoms with van der Waals surface area (Å²) in [5.41, 5.74) is 0.493. The molecular formula is C9H15NO3. The maximum absolute atomic E-state index is 11.1. The van der Waals surface area contributed by atoms with E-state index in [-0.39, 0.29) is 5.97 Å². The molecule has 1 aliphatic heterocycles. The monoisotopic (exact) mass is 185 g/mol. The van der Waals surface area contributed by atoms with Crippen LogP contribution in [0.25, 0.3) is 0 Å². The number of ether oxygens (including phenoxy) is 2. The predicted octanol–water partition coefficient (Wildman–Crippen LogP) is 0.395. The van der Waals surface area contributed by atoms with Gasteiger partial charge in [0, 0.05) is 18.7 Å². The van der Waals surface area contributed by atoms with Crippen LogP contribution in [0.2, 0.25) is 0 Å². The molecule has 4 heteroatoms. The molecular weight excluding hydrogens is 170 g/mol. The maximum Gasteiger partial charge on any atom is 0.334 e. The third-order valence-corrected chi connectivity index (χ3v) is 1.80. The van der Waals surface area contributed by atoms with E-state index in [1.54, 1.807) is 6.92 Å². The van der Waals surface area contributed by atoms with Crippen molar-refractivity contribution in [2.45, 2.75) is 6.92 Å². The van der Waals surface area contributed by atoms with E-state index in [0.29, 0.717) is 25.5 Å². The summed E-state index contributed by atoms with van der Waals surface area (Å²) in [6.07, 6.45) is 0. The number of hydrogen-bond donors (Lipinski definition) is 0. The van der Waals surface area contributed by atoms with E-state index in [4.69, 9.17) is 9.47 Å². The molecule has 4 nitrogen and oxygen atoms in total. The van der Waals surface area contributed by atoms with Gasteiger partial charge in [0.1, 0.15) is 0 Å². The van der Waals surface area contributed by atoms with Crippen LogP contribution in [-0.4, -0.2) is 43.9 Å². The van der Waals surface area contributed by atoms with Gasteiger partial charge < -0.3 is 9.47 Å². The topological polar surface area (TPSA) is 38.8 Å². The smallest absolute Gasteiger partial charge is 0.334 e. The van der Waals surface area contributed by atoms with Crippen molar-refractivity contribution in [3.8, 4) is 0 Å². The molecule has 0 N–H and O–H groups in total. The van der Waals surface area contributed by atoms with Crippen LogP contribution in [0.3, 0.4) is 0 Å². The minimum atomic E-state index is -0.311. The summed E-state index contributed by atoms with van der Waals surface area (Å²) in [6.45, 7) is 8.56. The SMILES string of the molecule is C=C(CN1CCOC1)C(=O)OCC. The van der Waals surface area contributed by atoms with Crippen LogP contribution in [0, 0.1) is 0 Å². The van der Waals surface area contributed by atoms with Crippen LogP contribution < -0.4 is 0 Å². The van der Waals surface area contributed by atoms with Crippen molar-refractivity contribution in [2.75, 3.05) is 33.0 Å². The van der Waals surface area contributed by atoms with Crippen molar-refractivity contribution in [1.82, 2.24) is 4.90 Å². The van der Waals surface area contributed by atoms with Crippen molar-refractivity contribution >= 4 is 5.97 Å². The largest absolute Gasteiger partial charge is 0.463 e. The van der Waals surface area contributed by atoms with E-state index in [0.717, 1.165) is 13.2 Å². The van der Waals surface area contributed by atoms with Crippen molar-refractivity contribution in [3.05, 3.63) is 12.2 Å².